The van der Waals surface area contributed by atoms with Crippen molar-refractivity contribution in [2.45, 2.75) is 25.4 Å². The van der Waals surface area contributed by atoms with E-state index in [4.69, 9.17) is 16.3 Å². The summed E-state index contributed by atoms with van der Waals surface area (Å²) in [5.74, 6) is -0.200. The first kappa shape index (κ1) is 19.2. The summed E-state index contributed by atoms with van der Waals surface area (Å²) in [6.07, 6.45) is 4.29. The molecule has 1 saturated heterocycles. The van der Waals surface area contributed by atoms with Gasteiger partial charge in [0.1, 0.15) is 12.4 Å². The molecule has 1 unspecified atom stereocenters. The van der Waals surface area contributed by atoms with Gasteiger partial charge in [-0.3, -0.25) is 14.9 Å². The number of imidazole rings is 1. The lowest BCUT2D eigenvalue weighted by Gasteiger charge is -2.23. The Hall–Kier alpha value is -3.12. The molecule has 7 heteroatoms. The van der Waals surface area contributed by atoms with E-state index in [2.05, 4.69) is 10.3 Å². The number of nitrogens with one attached hydrogen (secondary N) is 1. The Kier molecular flexibility index (Phi) is 5.36. The van der Waals surface area contributed by atoms with Crippen molar-refractivity contribution in [2.75, 3.05) is 0 Å². The Bertz CT molecular complexity index is 1060. The summed E-state index contributed by atoms with van der Waals surface area (Å²) in [5.41, 5.74) is 3.49. The van der Waals surface area contributed by atoms with Crippen LogP contribution in [-0.2, 0) is 23.2 Å². The molecule has 0 aliphatic carbocycles. The average molecular weight is 410 g/mol. The standard InChI is InChI=1S/C22H20ClN3O3/c1-26-13-24-11-15(26)12-29-16-7-5-14(6-8-16)17-3-2-4-18(21(17)23)19-9-10-20(27)25-22(19)28/h2-8,11,13,19H,9-10,12H2,1H3,(H,25,27,28). The molecule has 0 saturated carbocycles. The Labute approximate surface area is 173 Å². The second-order valence-electron chi connectivity index (χ2n) is 7.02. The van der Waals surface area contributed by atoms with Gasteiger partial charge in [-0.05, 0) is 29.7 Å². The molecule has 2 amide bonds. The third-order valence-corrected chi connectivity index (χ3v) is 5.53. The van der Waals surface area contributed by atoms with E-state index in [1.165, 1.54) is 0 Å². The second kappa shape index (κ2) is 8.09. The van der Waals surface area contributed by atoms with E-state index >= 15 is 0 Å². The van der Waals surface area contributed by atoms with Crippen molar-refractivity contribution in [3.63, 3.8) is 0 Å². The molecule has 148 valence electrons. The molecule has 3 aromatic rings. The second-order valence-corrected chi connectivity index (χ2v) is 7.40. The van der Waals surface area contributed by atoms with Gasteiger partial charge >= 0.3 is 0 Å². The maximum Gasteiger partial charge on any atom is 0.234 e. The number of hydrogen-bond acceptors (Lipinski definition) is 4. The van der Waals surface area contributed by atoms with Crippen LogP contribution in [-0.4, -0.2) is 21.4 Å². The highest BCUT2D eigenvalue weighted by atomic mass is 35.5. The molecule has 1 fully saturated rings. The van der Waals surface area contributed by atoms with Crippen LogP contribution >= 0.6 is 11.6 Å². The lowest BCUT2D eigenvalue weighted by atomic mass is 9.88. The molecule has 4 rings (SSSR count). The number of piperidine rings is 1. The van der Waals surface area contributed by atoms with Gasteiger partial charge in [-0.15, -0.1) is 0 Å². The van der Waals surface area contributed by atoms with Crippen molar-refractivity contribution in [3.05, 3.63) is 71.3 Å². The Morgan fingerprint density at radius 2 is 2.00 bits per heavy atom. The number of carbonyl (C=O) groups is 2. The molecule has 0 bridgehead atoms. The zero-order valence-corrected chi connectivity index (χ0v) is 16.6. The van der Waals surface area contributed by atoms with Gasteiger partial charge in [-0.2, -0.15) is 0 Å². The molecule has 0 radical (unpaired) electrons. The first-order valence-corrected chi connectivity index (χ1v) is 9.71. The van der Waals surface area contributed by atoms with Gasteiger partial charge < -0.3 is 9.30 Å². The molecule has 2 heterocycles. The van der Waals surface area contributed by atoms with Crippen LogP contribution in [0.15, 0.2) is 55.0 Å². The molecular weight excluding hydrogens is 390 g/mol. The molecule has 1 atom stereocenters. The smallest absolute Gasteiger partial charge is 0.234 e. The lowest BCUT2D eigenvalue weighted by molar-refractivity contribution is -0.134. The fraction of sp³-hybridized carbons (Fsp3) is 0.227. The van der Waals surface area contributed by atoms with Gasteiger partial charge in [-0.1, -0.05) is 41.9 Å². The fourth-order valence-electron chi connectivity index (χ4n) is 3.44. The fourth-order valence-corrected chi connectivity index (χ4v) is 3.81. The van der Waals surface area contributed by atoms with Crippen LogP contribution in [0.4, 0.5) is 0 Å². The normalized spacial score (nSPS) is 16.6. The van der Waals surface area contributed by atoms with Crippen LogP contribution in [0.5, 0.6) is 5.75 Å². The van der Waals surface area contributed by atoms with E-state index < -0.39 is 5.92 Å². The molecule has 29 heavy (non-hydrogen) atoms. The number of rotatable bonds is 5. The van der Waals surface area contributed by atoms with Gasteiger partial charge in [0, 0.05) is 19.0 Å². The highest BCUT2D eigenvalue weighted by Gasteiger charge is 2.30. The third-order valence-electron chi connectivity index (χ3n) is 5.11. The number of benzene rings is 2. The van der Waals surface area contributed by atoms with Gasteiger partial charge in [-0.25, -0.2) is 4.98 Å². The average Bonchev–Trinajstić information content (AvgIpc) is 3.12. The number of carbonyl (C=O) groups excluding carboxylic acids is 2. The summed E-state index contributed by atoms with van der Waals surface area (Å²) >= 11 is 6.66. The van der Waals surface area contributed by atoms with Crippen LogP contribution in [0.25, 0.3) is 11.1 Å². The van der Waals surface area contributed by atoms with Crippen molar-refractivity contribution < 1.29 is 14.3 Å². The molecule has 1 N–H and O–H groups in total. The molecule has 2 aromatic carbocycles. The van der Waals surface area contributed by atoms with Crippen LogP contribution in [0.2, 0.25) is 5.02 Å². The topological polar surface area (TPSA) is 73.2 Å². The number of ether oxygens (including phenoxy) is 1. The first-order chi connectivity index (χ1) is 14.0. The maximum absolute atomic E-state index is 12.2. The zero-order valence-electron chi connectivity index (χ0n) is 15.9. The molecule has 1 aliphatic heterocycles. The number of aryl methyl sites for hydroxylation is 1. The SMILES string of the molecule is Cn1cncc1COc1ccc(-c2cccc(C3CCC(=O)NC3=O)c2Cl)cc1. The lowest BCUT2D eigenvalue weighted by Crippen LogP contribution is -2.39. The highest BCUT2D eigenvalue weighted by Crippen LogP contribution is 2.37. The van der Waals surface area contributed by atoms with Gasteiger partial charge in [0.2, 0.25) is 11.8 Å². The summed E-state index contributed by atoms with van der Waals surface area (Å²) in [4.78, 5) is 27.7. The van der Waals surface area contributed by atoms with Gasteiger partial charge in [0.25, 0.3) is 0 Å². The summed E-state index contributed by atoms with van der Waals surface area (Å²) in [5, 5.41) is 2.92. The highest BCUT2D eigenvalue weighted by molar-refractivity contribution is 6.34. The van der Waals surface area contributed by atoms with Crippen LogP contribution < -0.4 is 10.1 Å². The van der Waals surface area contributed by atoms with Crippen molar-refractivity contribution in [3.8, 4) is 16.9 Å². The number of nitrogens with zero attached hydrogens (tertiary/aromatic N) is 2. The van der Waals surface area contributed by atoms with E-state index in [9.17, 15) is 9.59 Å². The minimum absolute atomic E-state index is 0.236. The Morgan fingerprint density at radius 1 is 1.21 bits per heavy atom. The minimum Gasteiger partial charge on any atom is -0.487 e. The number of imide groups is 1. The minimum atomic E-state index is -0.415. The van der Waals surface area contributed by atoms with Crippen molar-refractivity contribution in [2.24, 2.45) is 7.05 Å². The summed E-state index contributed by atoms with van der Waals surface area (Å²) in [7, 11) is 1.92. The van der Waals surface area contributed by atoms with E-state index in [1.54, 1.807) is 12.5 Å². The van der Waals surface area contributed by atoms with E-state index in [1.807, 2.05) is 54.1 Å². The number of hydrogen-bond donors (Lipinski definition) is 1. The number of aromatic nitrogens is 2. The van der Waals surface area contributed by atoms with Crippen molar-refractivity contribution >= 4 is 23.4 Å². The van der Waals surface area contributed by atoms with Crippen LogP contribution in [0.1, 0.15) is 30.0 Å². The van der Waals surface area contributed by atoms with Gasteiger partial charge in [0.15, 0.2) is 0 Å². The summed E-state index contributed by atoms with van der Waals surface area (Å²) in [6, 6.07) is 13.3. The predicted molar refractivity (Wildman–Crippen MR) is 110 cm³/mol. The third kappa shape index (κ3) is 4.03. The van der Waals surface area contributed by atoms with Gasteiger partial charge in [0.05, 0.1) is 29.2 Å². The van der Waals surface area contributed by atoms with E-state index in [0.717, 1.165) is 28.1 Å². The Morgan fingerprint density at radius 3 is 2.69 bits per heavy atom. The van der Waals surface area contributed by atoms with Crippen molar-refractivity contribution in [1.29, 1.82) is 0 Å². The predicted octanol–water partition coefficient (Wildman–Crippen LogP) is 3.84. The van der Waals surface area contributed by atoms with Crippen molar-refractivity contribution in [1.82, 2.24) is 14.9 Å². The monoisotopic (exact) mass is 409 g/mol. The van der Waals surface area contributed by atoms with Crippen LogP contribution in [0.3, 0.4) is 0 Å². The zero-order chi connectivity index (χ0) is 20.4. The number of halogens is 1. The molecule has 1 aromatic heterocycles. The molecule has 0 spiro atoms. The first-order valence-electron chi connectivity index (χ1n) is 9.33. The number of amides is 2. The van der Waals surface area contributed by atoms with E-state index in [0.29, 0.717) is 24.5 Å². The quantitative estimate of drug-likeness (QED) is 0.650. The molecule has 1 aliphatic rings. The molecular formula is C22H20ClN3O3. The largest absolute Gasteiger partial charge is 0.487 e. The Balaban J connectivity index is 1.53. The maximum atomic E-state index is 12.2. The van der Waals surface area contributed by atoms with Crippen LogP contribution in [0, 0.1) is 0 Å². The summed E-state index contributed by atoms with van der Waals surface area (Å²) in [6.45, 7) is 0.432. The molecule has 6 nitrogen and oxygen atoms in total. The summed E-state index contributed by atoms with van der Waals surface area (Å²) < 4.78 is 7.73. The van der Waals surface area contributed by atoms with E-state index in [-0.39, 0.29) is 11.8 Å².